The summed E-state index contributed by atoms with van der Waals surface area (Å²) >= 11 is 0. The highest BCUT2D eigenvalue weighted by Gasteiger charge is 2.27. The molecule has 0 rings (SSSR count). The van der Waals surface area contributed by atoms with Gasteiger partial charge in [0.15, 0.2) is 0 Å². The summed E-state index contributed by atoms with van der Waals surface area (Å²) in [5, 5.41) is 24.7. The van der Waals surface area contributed by atoms with Gasteiger partial charge in [0.1, 0.15) is 18.1 Å². The van der Waals surface area contributed by atoms with Gasteiger partial charge in [-0.15, -0.1) is 0 Å². The van der Waals surface area contributed by atoms with Gasteiger partial charge in [0.25, 0.3) is 0 Å². The molecular formula is C16H28N4O7. The van der Waals surface area contributed by atoms with Crippen molar-refractivity contribution in [2.75, 3.05) is 0 Å². The van der Waals surface area contributed by atoms with E-state index in [4.69, 9.17) is 15.9 Å². The van der Waals surface area contributed by atoms with Gasteiger partial charge in [0.2, 0.25) is 17.7 Å². The van der Waals surface area contributed by atoms with E-state index >= 15 is 0 Å². The van der Waals surface area contributed by atoms with Gasteiger partial charge in [-0.1, -0.05) is 13.8 Å². The molecule has 0 aliphatic rings. The summed E-state index contributed by atoms with van der Waals surface area (Å²) in [6.07, 6.45) is -0.360. The zero-order valence-corrected chi connectivity index (χ0v) is 15.8. The molecule has 4 atom stereocenters. The summed E-state index contributed by atoms with van der Waals surface area (Å²) in [5.41, 5.74) is 5.39. The van der Waals surface area contributed by atoms with E-state index in [0.717, 1.165) is 0 Å². The zero-order chi connectivity index (χ0) is 21.3. The molecule has 0 radical (unpaired) electrons. The fourth-order valence-corrected chi connectivity index (χ4v) is 2.06. The second-order valence-electron chi connectivity index (χ2n) is 6.69. The molecule has 0 saturated carbocycles. The zero-order valence-electron chi connectivity index (χ0n) is 15.8. The molecular weight excluding hydrogens is 360 g/mol. The van der Waals surface area contributed by atoms with E-state index in [-0.39, 0.29) is 12.3 Å². The SMILES string of the molecule is CC(C)C[C@H](NC(=O)[C@H](C)NC(=O)[C@H](C)NC(=O)[C@@H](N)CC(=O)O)C(=O)O. The molecule has 0 aliphatic heterocycles. The largest absolute Gasteiger partial charge is 0.481 e. The number of carboxylic acids is 2. The van der Waals surface area contributed by atoms with Crippen LogP contribution in [0.3, 0.4) is 0 Å². The average molecular weight is 388 g/mol. The number of carbonyl (C=O) groups is 5. The summed E-state index contributed by atoms with van der Waals surface area (Å²) in [6.45, 7) is 6.33. The molecule has 7 N–H and O–H groups in total. The number of amides is 3. The molecule has 0 aromatic heterocycles. The number of carboxylic acid groups (broad SMARTS) is 2. The van der Waals surface area contributed by atoms with E-state index in [9.17, 15) is 24.0 Å². The first-order valence-electron chi connectivity index (χ1n) is 8.46. The standard InChI is InChI=1S/C16H28N4O7/c1-7(2)5-11(16(26)27)20-14(24)9(4)18-13(23)8(3)19-15(25)10(17)6-12(21)22/h7-11H,5-6,17H2,1-4H3,(H,18,23)(H,19,25)(H,20,24)(H,21,22)(H,26,27)/t8-,9-,10-,11-/m0/s1. The van der Waals surface area contributed by atoms with E-state index in [1.165, 1.54) is 13.8 Å². The number of hydrogen-bond donors (Lipinski definition) is 6. The Balaban J connectivity index is 4.65. The Hall–Kier alpha value is -2.69. The molecule has 0 fully saturated rings. The molecule has 11 nitrogen and oxygen atoms in total. The van der Waals surface area contributed by atoms with Crippen LogP contribution < -0.4 is 21.7 Å². The molecule has 3 amide bonds. The quantitative estimate of drug-likeness (QED) is 0.244. The average Bonchev–Trinajstić information content (AvgIpc) is 2.52. The second-order valence-corrected chi connectivity index (χ2v) is 6.69. The van der Waals surface area contributed by atoms with Crippen LogP contribution in [-0.2, 0) is 24.0 Å². The topological polar surface area (TPSA) is 188 Å². The van der Waals surface area contributed by atoms with E-state index in [1.807, 2.05) is 13.8 Å². The fraction of sp³-hybridized carbons (Fsp3) is 0.688. The van der Waals surface area contributed by atoms with Gasteiger partial charge >= 0.3 is 11.9 Å². The Bertz CT molecular complexity index is 579. The number of carbonyl (C=O) groups excluding carboxylic acids is 3. The van der Waals surface area contributed by atoms with Crippen LogP contribution in [-0.4, -0.2) is 64.0 Å². The van der Waals surface area contributed by atoms with Crippen LogP contribution >= 0.6 is 0 Å². The monoisotopic (exact) mass is 388 g/mol. The van der Waals surface area contributed by atoms with E-state index in [0.29, 0.717) is 0 Å². The third-order valence-electron chi connectivity index (χ3n) is 3.56. The Kier molecular flexibility index (Phi) is 10.0. The molecule has 11 heteroatoms. The molecule has 0 heterocycles. The van der Waals surface area contributed by atoms with Crippen molar-refractivity contribution >= 4 is 29.7 Å². The van der Waals surface area contributed by atoms with Gasteiger partial charge < -0.3 is 31.9 Å². The maximum atomic E-state index is 12.1. The lowest BCUT2D eigenvalue weighted by Crippen LogP contribution is -2.55. The van der Waals surface area contributed by atoms with Crippen molar-refractivity contribution in [3.8, 4) is 0 Å². The van der Waals surface area contributed by atoms with Crippen LogP contribution in [0, 0.1) is 5.92 Å². The van der Waals surface area contributed by atoms with Gasteiger partial charge in [-0.2, -0.15) is 0 Å². The molecule has 154 valence electrons. The first kappa shape index (κ1) is 24.3. The molecule has 0 aromatic carbocycles. The minimum absolute atomic E-state index is 0.0431. The number of nitrogens with two attached hydrogens (primary N) is 1. The minimum atomic E-state index is -1.31. The molecule has 0 aromatic rings. The Labute approximate surface area is 157 Å². The minimum Gasteiger partial charge on any atom is -0.481 e. The second kappa shape index (κ2) is 11.1. The predicted octanol–water partition coefficient (Wildman–Crippen LogP) is -1.59. The van der Waals surface area contributed by atoms with Gasteiger partial charge in [-0.25, -0.2) is 4.79 Å². The third kappa shape index (κ3) is 9.54. The maximum absolute atomic E-state index is 12.1. The molecule has 0 bridgehead atoms. The summed E-state index contributed by atoms with van der Waals surface area (Å²) in [4.78, 5) is 57.6. The van der Waals surface area contributed by atoms with E-state index in [2.05, 4.69) is 16.0 Å². The van der Waals surface area contributed by atoms with Crippen molar-refractivity contribution in [3.05, 3.63) is 0 Å². The number of hydrogen-bond acceptors (Lipinski definition) is 6. The van der Waals surface area contributed by atoms with Crippen molar-refractivity contribution < 1.29 is 34.2 Å². The van der Waals surface area contributed by atoms with Crippen LogP contribution in [0.1, 0.15) is 40.5 Å². The number of nitrogens with one attached hydrogen (secondary N) is 3. The molecule has 0 unspecified atom stereocenters. The number of rotatable bonds is 11. The lowest BCUT2D eigenvalue weighted by molar-refractivity contribution is -0.142. The lowest BCUT2D eigenvalue weighted by Gasteiger charge is -2.22. The predicted molar refractivity (Wildman–Crippen MR) is 94.5 cm³/mol. The molecule has 0 spiro atoms. The van der Waals surface area contributed by atoms with Gasteiger partial charge in [-0.3, -0.25) is 19.2 Å². The molecule has 0 saturated heterocycles. The van der Waals surface area contributed by atoms with Crippen LogP contribution in [0.15, 0.2) is 0 Å². The molecule has 27 heavy (non-hydrogen) atoms. The van der Waals surface area contributed by atoms with Crippen molar-refractivity contribution in [3.63, 3.8) is 0 Å². The Morgan fingerprint density at radius 3 is 1.67 bits per heavy atom. The van der Waals surface area contributed by atoms with Gasteiger partial charge in [0.05, 0.1) is 12.5 Å². The highest BCUT2D eigenvalue weighted by atomic mass is 16.4. The van der Waals surface area contributed by atoms with Crippen LogP contribution in [0.2, 0.25) is 0 Å². The Morgan fingerprint density at radius 2 is 1.26 bits per heavy atom. The lowest BCUT2D eigenvalue weighted by atomic mass is 10.0. The summed E-state index contributed by atoms with van der Waals surface area (Å²) < 4.78 is 0. The van der Waals surface area contributed by atoms with Gasteiger partial charge in [0, 0.05) is 0 Å². The van der Waals surface area contributed by atoms with E-state index in [1.54, 1.807) is 0 Å². The van der Waals surface area contributed by atoms with E-state index < -0.39 is 60.2 Å². The highest BCUT2D eigenvalue weighted by Crippen LogP contribution is 2.05. The summed E-state index contributed by atoms with van der Waals surface area (Å²) in [6, 6.07) is -4.51. The highest BCUT2D eigenvalue weighted by molar-refractivity contribution is 5.94. The molecule has 0 aliphatic carbocycles. The van der Waals surface area contributed by atoms with Crippen LogP contribution in [0.25, 0.3) is 0 Å². The fourth-order valence-electron chi connectivity index (χ4n) is 2.06. The van der Waals surface area contributed by atoms with Crippen LogP contribution in [0.4, 0.5) is 0 Å². The maximum Gasteiger partial charge on any atom is 0.326 e. The van der Waals surface area contributed by atoms with Crippen molar-refractivity contribution in [1.82, 2.24) is 16.0 Å². The van der Waals surface area contributed by atoms with Crippen molar-refractivity contribution in [2.24, 2.45) is 11.7 Å². The van der Waals surface area contributed by atoms with Gasteiger partial charge in [-0.05, 0) is 26.2 Å². The normalized spacial score (nSPS) is 15.2. The van der Waals surface area contributed by atoms with Crippen molar-refractivity contribution in [2.45, 2.75) is 64.7 Å². The van der Waals surface area contributed by atoms with Crippen molar-refractivity contribution in [1.29, 1.82) is 0 Å². The van der Waals surface area contributed by atoms with Crippen LogP contribution in [0.5, 0.6) is 0 Å². The first-order valence-corrected chi connectivity index (χ1v) is 8.46. The summed E-state index contributed by atoms with van der Waals surface area (Å²) in [7, 11) is 0. The number of aliphatic carboxylic acids is 2. The first-order chi connectivity index (χ1) is 12.3. The summed E-state index contributed by atoms with van der Waals surface area (Å²) in [5.74, 6) is -4.60. The Morgan fingerprint density at radius 1 is 0.815 bits per heavy atom. The third-order valence-corrected chi connectivity index (χ3v) is 3.56. The smallest absolute Gasteiger partial charge is 0.326 e.